The lowest BCUT2D eigenvalue weighted by atomic mass is 9.77. The number of halogens is 5. The highest BCUT2D eigenvalue weighted by molar-refractivity contribution is 6.62. The van der Waals surface area contributed by atoms with Gasteiger partial charge in [0.15, 0.2) is 11.6 Å². The predicted octanol–water partition coefficient (Wildman–Crippen LogP) is 2.92. The van der Waals surface area contributed by atoms with Gasteiger partial charge in [-0.3, -0.25) is 19.4 Å². The number of morpholine rings is 4. The number of rotatable bonds is 10. The van der Waals surface area contributed by atoms with Crippen LogP contribution in [0.4, 0.5) is 53.0 Å². The normalized spacial score (nSPS) is 19.2. The Kier molecular flexibility index (Phi) is 17.7. The molecule has 0 atom stereocenters. The number of aliphatic imine (C=N–C) groups is 1. The van der Waals surface area contributed by atoms with Gasteiger partial charge in [-0.15, -0.1) is 0 Å². The lowest BCUT2D eigenvalue weighted by Gasteiger charge is -2.32. The molecule has 0 aliphatic carbocycles. The first-order valence-electron chi connectivity index (χ1n) is 22.8. The molecule has 9 heterocycles. The molecular formula is C43H55BClF4N15O8. The standard InChI is InChI=1S/C17H19F2N7O3.C15H22BF2N3O2.C11H14ClN5O3/c18-14(19)10-7-12(20)21-8-11(10)15-22-16(25-1-4-28-5-2-25)24-17(23-15)26-3-6-29-9-13(26)27;1-14(2)15(3,4)23-16(22-14)11-8-19-12(20-9-21(5)6)7-10(11)13(17)18;12-9-13-10(16-1-4-19-5-2-16)15-11(14-9)17-3-6-20-7-8(17)18/h7-8,14H,1-6,9H2,(H2,20,21);7-9,13H,1-6H3;1-7H2. The minimum atomic E-state index is -2.80. The second-order valence-electron chi connectivity index (χ2n) is 17.6. The Morgan fingerprint density at radius 2 is 1.17 bits per heavy atom. The zero-order valence-electron chi connectivity index (χ0n) is 40.5. The van der Waals surface area contributed by atoms with E-state index in [9.17, 15) is 27.2 Å². The van der Waals surface area contributed by atoms with Crippen molar-refractivity contribution in [3.8, 4) is 11.4 Å². The van der Waals surface area contributed by atoms with E-state index in [0.29, 0.717) is 78.3 Å². The highest BCUT2D eigenvalue weighted by Gasteiger charge is 2.52. The number of pyridine rings is 2. The van der Waals surface area contributed by atoms with Gasteiger partial charge in [0.1, 0.15) is 19.0 Å². The number of nitrogens with zero attached hydrogens (tertiary/aromatic N) is 14. The second kappa shape index (κ2) is 23.7. The van der Waals surface area contributed by atoms with E-state index in [1.165, 1.54) is 34.6 Å². The molecule has 0 saturated carbocycles. The van der Waals surface area contributed by atoms with Crippen LogP contribution in [0.25, 0.3) is 11.4 Å². The maximum absolute atomic E-state index is 13.6. The number of alkyl halides is 4. The summed E-state index contributed by atoms with van der Waals surface area (Å²) >= 11 is 5.95. The molecule has 0 aromatic carbocycles. The maximum Gasteiger partial charge on any atom is 0.496 e. The molecule has 4 aromatic heterocycles. The Morgan fingerprint density at radius 1 is 0.681 bits per heavy atom. The smallest absolute Gasteiger partial charge is 0.399 e. The lowest BCUT2D eigenvalue weighted by molar-refractivity contribution is -0.126. The average molecular weight is 1030 g/mol. The predicted molar refractivity (Wildman–Crippen MR) is 256 cm³/mol. The van der Waals surface area contributed by atoms with E-state index >= 15 is 0 Å². The Labute approximate surface area is 417 Å². The first kappa shape index (κ1) is 53.8. The summed E-state index contributed by atoms with van der Waals surface area (Å²) in [6, 6.07) is 2.36. The van der Waals surface area contributed by atoms with Gasteiger partial charge in [0.2, 0.25) is 29.1 Å². The fourth-order valence-corrected chi connectivity index (χ4v) is 7.39. The van der Waals surface area contributed by atoms with Crippen molar-refractivity contribution < 1.29 is 55.4 Å². The largest absolute Gasteiger partial charge is 0.496 e. The summed E-state index contributed by atoms with van der Waals surface area (Å²) in [7, 11) is 2.70. The molecule has 0 bridgehead atoms. The summed E-state index contributed by atoms with van der Waals surface area (Å²) in [6.07, 6.45) is -1.40. The molecule has 0 spiro atoms. The number of ether oxygens (including phenoxy) is 4. The quantitative estimate of drug-likeness (QED) is 0.104. The van der Waals surface area contributed by atoms with Crippen molar-refractivity contribution in [2.75, 3.05) is 132 Å². The summed E-state index contributed by atoms with van der Waals surface area (Å²) in [5, 5.41) is 0.0794. The van der Waals surface area contributed by atoms with Gasteiger partial charge in [-0.25, -0.2) is 32.5 Å². The third-order valence-corrected chi connectivity index (χ3v) is 12.0. The molecule has 2 amide bonds. The number of anilines is 5. The SMILES string of the molecule is CN(C)C=Nc1cc(C(F)F)c(B2OC(C)(C)C(C)(C)O2)cn1.Nc1cc(C(F)F)c(-c2nc(N3CCOCC3)nc(N3CCOCC3=O)n2)cn1.O=C1COCCN1c1nc(Cl)nc(N2CCOCC2)n1. The third-order valence-electron chi connectivity index (χ3n) is 11.8. The maximum atomic E-state index is 13.6. The lowest BCUT2D eigenvalue weighted by Crippen LogP contribution is -2.43. The van der Waals surface area contributed by atoms with Crippen molar-refractivity contribution in [3.63, 3.8) is 0 Å². The van der Waals surface area contributed by atoms with Crippen LogP contribution in [0.5, 0.6) is 0 Å². The van der Waals surface area contributed by atoms with E-state index in [1.54, 1.807) is 19.0 Å². The molecule has 0 radical (unpaired) electrons. The first-order valence-corrected chi connectivity index (χ1v) is 23.2. The summed E-state index contributed by atoms with van der Waals surface area (Å²) in [4.78, 5) is 70.1. The number of hydrogen-bond acceptors (Lipinski definition) is 20. The van der Waals surface area contributed by atoms with Crippen molar-refractivity contribution in [1.82, 2.24) is 44.8 Å². The molecule has 5 aliphatic rings. The van der Waals surface area contributed by atoms with Gasteiger partial charge in [0.05, 0.1) is 70.3 Å². The molecule has 2 N–H and O–H groups in total. The zero-order chi connectivity index (χ0) is 51.7. The summed E-state index contributed by atoms with van der Waals surface area (Å²) < 4.78 is 86.6. The molecule has 388 valence electrons. The van der Waals surface area contributed by atoms with Gasteiger partial charge in [-0.1, -0.05) is 0 Å². The van der Waals surface area contributed by atoms with E-state index in [-0.39, 0.29) is 94.3 Å². The number of carbonyl (C=O) groups excluding carboxylic acids is 2. The van der Waals surface area contributed by atoms with Crippen molar-refractivity contribution >= 4 is 77.8 Å². The minimum absolute atomic E-state index is 0.00131. The summed E-state index contributed by atoms with van der Waals surface area (Å²) in [5.41, 5.74) is 4.13. The molecule has 23 nitrogen and oxygen atoms in total. The van der Waals surface area contributed by atoms with Crippen LogP contribution in [0.1, 0.15) is 51.7 Å². The highest BCUT2D eigenvalue weighted by atomic mass is 35.5. The molecule has 0 unspecified atom stereocenters. The minimum Gasteiger partial charge on any atom is -0.399 e. The Hall–Kier alpha value is -6.04. The van der Waals surface area contributed by atoms with Gasteiger partial charge >= 0.3 is 7.12 Å². The Bertz CT molecular complexity index is 2550. The van der Waals surface area contributed by atoms with Gasteiger partial charge in [0, 0.05) is 74.8 Å². The molecule has 4 aromatic rings. The number of aromatic nitrogens is 8. The Morgan fingerprint density at radius 3 is 1.68 bits per heavy atom. The molecular weight excluding hydrogens is 977 g/mol. The molecule has 9 rings (SSSR count). The van der Waals surface area contributed by atoms with E-state index < -0.39 is 31.2 Å². The fraction of sp³-hybridized carbons (Fsp3) is 0.558. The second-order valence-corrected chi connectivity index (χ2v) is 18.0. The molecule has 5 fully saturated rings. The number of carbonyl (C=O) groups is 2. The van der Waals surface area contributed by atoms with Crippen LogP contribution in [0, 0.1) is 0 Å². The number of nitrogen functional groups attached to an aromatic ring is 1. The van der Waals surface area contributed by atoms with Gasteiger partial charge in [-0.2, -0.15) is 29.9 Å². The van der Waals surface area contributed by atoms with Gasteiger partial charge in [0.25, 0.3) is 24.7 Å². The molecule has 5 aliphatic heterocycles. The topological polar surface area (TPSA) is 247 Å². The molecule has 72 heavy (non-hydrogen) atoms. The first-order chi connectivity index (χ1) is 34.3. The highest BCUT2D eigenvalue weighted by Crippen LogP contribution is 2.38. The van der Waals surface area contributed by atoms with Crippen molar-refractivity contribution in [2.45, 2.75) is 51.7 Å². The van der Waals surface area contributed by atoms with E-state index in [0.717, 1.165) is 6.07 Å². The van der Waals surface area contributed by atoms with Crippen molar-refractivity contribution in [3.05, 3.63) is 40.9 Å². The number of nitrogens with two attached hydrogens (primary N) is 1. The van der Waals surface area contributed by atoms with E-state index in [2.05, 4.69) is 44.9 Å². The van der Waals surface area contributed by atoms with Crippen molar-refractivity contribution in [1.29, 1.82) is 0 Å². The van der Waals surface area contributed by atoms with Crippen LogP contribution >= 0.6 is 11.6 Å². The molecule has 29 heteroatoms. The van der Waals surface area contributed by atoms with Gasteiger partial charge in [-0.05, 0) is 51.4 Å². The number of amides is 2. The van der Waals surface area contributed by atoms with E-state index in [1.807, 2.05) is 37.5 Å². The van der Waals surface area contributed by atoms with Crippen LogP contribution in [0.2, 0.25) is 5.28 Å². The Balaban J connectivity index is 0.000000162. The van der Waals surface area contributed by atoms with Crippen LogP contribution in [0.3, 0.4) is 0 Å². The fourth-order valence-electron chi connectivity index (χ4n) is 7.24. The summed E-state index contributed by atoms with van der Waals surface area (Å²) in [5.74, 6) is 0.814. The average Bonchev–Trinajstić information content (AvgIpc) is 3.59. The zero-order valence-corrected chi connectivity index (χ0v) is 41.3. The van der Waals surface area contributed by atoms with E-state index in [4.69, 9.17) is 45.6 Å². The summed E-state index contributed by atoms with van der Waals surface area (Å²) in [6.45, 7) is 13.5. The number of hydrogen-bond donors (Lipinski definition) is 1. The van der Waals surface area contributed by atoms with Gasteiger partial charge < -0.3 is 48.7 Å². The van der Waals surface area contributed by atoms with Crippen LogP contribution in [-0.2, 0) is 37.8 Å². The monoisotopic (exact) mass is 1030 g/mol. The third kappa shape index (κ3) is 13.3. The van der Waals surface area contributed by atoms with Crippen molar-refractivity contribution in [2.24, 2.45) is 4.99 Å². The van der Waals surface area contributed by atoms with Crippen LogP contribution < -0.4 is 30.8 Å². The molecule has 5 saturated heterocycles. The van der Waals surface area contributed by atoms with Crippen LogP contribution in [0.15, 0.2) is 29.5 Å². The van der Waals surface area contributed by atoms with Crippen LogP contribution in [-0.4, -0.2) is 187 Å².